The second kappa shape index (κ2) is 6.63. The molecule has 0 radical (unpaired) electrons. The summed E-state index contributed by atoms with van der Waals surface area (Å²) in [5.74, 6) is 1.11. The molecule has 0 fully saturated rings. The zero-order valence-electron chi connectivity index (χ0n) is 11.1. The Morgan fingerprint density at radius 2 is 1.89 bits per heavy atom. The van der Waals surface area contributed by atoms with Gasteiger partial charge in [0.25, 0.3) is 0 Å². The highest BCUT2D eigenvalue weighted by Crippen LogP contribution is 2.17. The van der Waals surface area contributed by atoms with Gasteiger partial charge in [-0.3, -0.25) is 4.98 Å². The number of rotatable bonds is 6. The molecule has 2 aromatic rings. The molecule has 0 spiro atoms. The molecule has 1 N–H and O–H groups in total. The number of ether oxygens (including phenoxy) is 1. The predicted molar refractivity (Wildman–Crippen MR) is 73.0 cm³/mol. The average molecular weight is 259 g/mol. The predicted octanol–water partition coefficient (Wildman–Crippen LogP) is 2.15. The Balaban J connectivity index is 2.33. The minimum absolute atomic E-state index is 0.347. The van der Waals surface area contributed by atoms with E-state index in [0.29, 0.717) is 24.4 Å². The topological polar surface area (TPSA) is 72.8 Å². The van der Waals surface area contributed by atoms with Crippen molar-refractivity contribution in [3.63, 3.8) is 0 Å². The van der Waals surface area contributed by atoms with E-state index in [-0.39, 0.29) is 0 Å². The molecule has 0 amide bonds. The second-order valence-corrected chi connectivity index (χ2v) is 3.88. The molecular formula is C13H17N5O. The molecule has 0 aromatic carbocycles. The molecule has 6 nitrogen and oxygen atoms in total. The Bertz CT molecular complexity index is 518. The lowest BCUT2D eigenvalue weighted by molar-refractivity contribution is 0.292. The number of nitrogens with zero attached hydrogens (tertiary/aromatic N) is 4. The van der Waals surface area contributed by atoms with Gasteiger partial charge in [0.1, 0.15) is 0 Å². The van der Waals surface area contributed by atoms with Gasteiger partial charge in [0, 0.05) is 24.5 Å². The Labute approximate surface area is 112 Å². The maximum absolute atomic E-state index is 5.49. The van der Waals surface area contributed by atoms with Crippen LogP contribution in [0.25, 0.3) is 11.4 Å². The van der Waals surface area contributed by atoms with Gasteiger partial charge < -0.3 is 10.1 Å². The third kappa shape index (κ3) is 3.61. The summed E-state index contributed by atoms with van der Waals surface area (Å²) < 4.78 is 5.49. The van der Waals surface area contributed by atoms with Gasteiger partial charge >= 0.3 is 6.01 Å². The highest BCUT2D eigenvalue weighted by atomic mass is 16.5. The fourth-order valence-electron chi connectivity index (χ4n) is 1.48. The summed E-state index contributed by atoms with van der Waals surface area (Å²) in [7, 11) is 0. The van der Waals surface area contributed by atoms with Gasteiger partial charge in [-0.1, -0.05) is 6.92 Å². The summed E-state index contributed by atoms with van der Waals surface area (Å²) in [6, 6.07) is 4.06. The molecule has 0 atom stereocenters. The number of hydrogen-bond acceptors (Lipinski definition) is 6. The molecule has 100 valence electrons. The molecule has 0 aliphatic carbocycles. The quantitative estimate of drug-likeness (QED) is 0.857. The van der Waals surface area contributed by atoms with Crippen LogP contribution in [0.3, 0.4) is 0 Å². The number of pyridine rings is 1. The number of hydrogen-bond donors (Lipinski definition) is 1. The van der Waals surface area contributed by atoms with Gasteiger partial charge in [0.05, 0.1) is 6.61 Å². The first-order valence-corrected chi connectivity index (χ1v) is 6.36. The summed E-state index contributed by atoms with van der Waals surface area (Å²) in [6.45, 7) is 5.36. The van der Waals surface area contributed by atoms with E-state index in [1.54, 1.807) is 12.4 Å². The van der Waals surface area contributed by atoms with Gasteiger partial charge in [-0.2, -0.15) is 15.0 Å². The monoisotopic (exact) mass is 259 g/mol. The van der Waals surface area contributed by atoms with E-state index < -0.39 is 0 Å². The van der Waals surface area contributed by atoms with Crippen molar-refractivity contribution in [1.29, 1.82) is 0 Å². The standard InChI is InChI=1S/C13H17N5O/c1-3-9-19-13-17-11(10-5-7-14-8-6-10)16-12(18-13)15-4-2/h5-8H,3-4,9H2,1-2H3,(H,15,16,17,18). The average Bonchev–Trinajstić information content (AvgIpc) is 2.46. The summed E-state index contributed by atoms with van der Waals surface area (Å²) >= 11 is 0. The van der Waals surface area contributed by atoms with Gasteiger partial charge in [0.15, 0.2) is 5.82 Å². The molecule has 2 heterocycles. The van der Waals surface area contributed by atoms with Crippen molar-refractivity contribution in [2.45, 2.75) is 20.3 Å². The number of anilines is 1. The third-order valence-electron chi connectivity index (χ3n) is 2.32. The molecule has 2 rings (SSSR count). The van der Waals surface area contributed by atoms with Crippen molar-refractivity contribution in [3.8, 4) is 17.4 Å². The molecule has 0 unspecified atom stereocenters. The van der Waals surface area contributed by atoms with Crippen molar-refractivity contribution < 1.29 is 4.74 Å². The van der Waals surface area contributed by atoms with Crippen LogP contribution in [0.5, 0.6) is 6.01 Å². The maximum Gasteiger partial charge on any atom is 0.321 e. The summed E-state index contributed by atoms with van der Waals surface area (Å²) in [5.41, 5.74) is 0.887. The van der Waals surface area contributed by atoms with Gasteiger partial charge in [-0.05, 0) is 25.5 Å². The van der Waals surface area contributed by atoms with Crippen LogP contribution in [-0.4, -0.2) is 33.1 Å². The van der Waals surface area contributed by atoms with Crippen LogP contribution in [0.2, 0.25) is 0 Å². The first-order chi connectivity index (χ1) is 9.33. The number of aromatic nitrogens is 4. The molecule has 6 heteroatoms. The molecule has 19 heavy (non-hydrogen) atoms. The molecule has 0 aliphatic rings. The maximum atomic E-state index is 5.49. The summed E-state index contributed by atoms with van der Waals surface area (Å²) in [5, 5.41) is 3.08. The van der Waals surface area contributed by atoms with E-state index in [4.69, 9.17) is 4.74 Å². The highest BCUT2D eigenvalue weighted by molar-refractivity contribution is 5.55. The normalized spacial score (nSPS) is 10.2. The molecule has 0 aliphatic heterocycles. The lowest BCUT2D eigenvalue weighted by Crippen LogP contribution is -2.08. The zero-order chi connectivity index (χ0) is 13.5. The van der Waals surface area contributed by atoms with Crippen LogP contribution >= 0.6 is 0 Å². The second-order valence-electron chi connectivity index (χ2n) is 3.88. The van der Waals surface area contributed by atoms with E-state index in [1.165, 1.54) is 0 Å². The lowest BCUT2D eigenvalue weighted by Gasteiger charge is -2.08. The minimum Gasteiger partial charge on any atom is -0.463 e. The Kier molecular flexibility index (Phi) is 4.60. The smallest absolute Gasteiger partial charge is 0.321 e. The summed E-state index contributed by atoms with van der Waals surface area (Å²) in [4.78, 5) is 16.9. The zero-order valence-corrected chi connectivity index (χ0v) is 11.1. The van der Waals surface area contributed by atoms with Crippen LogP contribution in [0.4, 0.5) is 5.95 Å². The van der Waals surface area contributed by atoms with E-state index in [0.717, 1.165) is 18.5 Å². The van der Waals surface area contributed by atoms with Crippen molar-refractivity contribution >= 4 is 5.95 Å². The first-order valence-electron chi connectivity index (χ1n) is 6.36. The van der Waals surface area contributed by atoms with Crippen molar-refractivity contribution in [2.75, 3.05) is 18.5 Å². The van der Waals surface area contributed by atoms with Gasteiger partial charge in [0.2, 0.25) is 5.95 Å². The van der Waals surface area contributed by atoms with Crippen LogP contribution < -0.4 is 10.1 Å². The van der Waals surface area contributed by atoms with Crippen LogP contribution in [0.15, 0.2) is 24.5 Å². The molecule has 0 bridgehead atoms. The van der Waals surface area contributed by atoms with Crippen LogP contribution in [0.1, 0.15) is 20.3 Å². The van der Waals surface area contributed by atoms with Crippen LogP contribution in [0, 0.1) is 0 Å². The van der Waals surface area contributed by atoms with Crippen molar-refractivity contribution in [2.24, 2.45) is 0 Å². The van der Waals surface area contributed by atoms with E-state index >= 15 is 0 Å². The highest BCUT2D eigenvalue weighted by Gasteiger charge is 2.08. The van der Waals surface area contributed by atoms with Crippen LogP contribution in [-0.2, 0) is 0 Å². The fourth-order valence-corrected chi connectivity index (χ4v) is 1.48. The lowest BCUT2D eigenvalue weighted by atomic mass is 10.2. The minimum atomic E-state index is 0.347. The Hall–Kier alpha value is -2.24. The first kappa shape index (κ1) is 13.2. The molecule has 0 saturated heterocycles. The Morgan fingerprint density at radius 1 is 1.11 bits per heavy atom. The third-order valence-corrected chi connectivity index (χ3v) is 2.32. The van der Waals surface area contributed by atoms with Crippen molar-refractivity contribution in [3.05, 3.63) is 24.5 Å². The van der Waals surface area contributed by atoms with E-state index in [2.05, 4.69) is 25.3 Å². The largest absolute Gasteiger partial charge is 0.463 e. The van der Waals surface area contributed by atoms with Gasteiger partial charge in [-0.25, -0.2) is 0 Å². The molecule has 2 aromatic heterocycles. The SMILES string of the molecule is CCCOc1nc(NCC)nc(-c2ccncc2)n1. The van der Waals surface area contributed by atoms with E-state index in [9.17, 15) is 0 Å². The molecular weight excluding hydrogens is 242 g/mol. The summed E-state index contributed by atoms with van der Waals surface area (Å²) in [6.07, 6.45) is 4.32. The fraction of sp³-hybridized carbons (Fsp3) is 0.385. The Morgan fingerprint density at radius 3 is 2.58 bits per heavy atom. The van der Waals surface area contributed by atoms with Crippen molar-refractivity contribution in [1.82, 2.24) is 19.9 Å². The number of nitrogens with one attached hydrogen (secondary N) is 1. The molecule has 0 saturated carbocycles. The van der Waals surface area contributed by atoms with Gasteiger partial charge in [-0.15, -0.1) is 0 Å². The van der Waals surface area contributed by atoms with E-state index in [1.807, 2.05) is 26.0 Å².